The number of amides is 2. The second kappa shape index (κ2) is 6.48. The number of carbonyl (C=O) groups excluding carboxylic acids is 2. The van der Waals surface area contributed by atoms with Crippen molar-refractivity contribution in [2.24, 2.45) is 0 Å². The zero-order chi connectivity index (χ0) is 17.3. The molecule has 0 radical (unpaired) electrons. The van der Waals surface area contributed by atoms with Gasteiger partial charge in [0.15, 0.2) is 5.76 Å². The maximum absolute atomic E-state index is 12.8. The summed E-state index contributed by atoms with van der Waals surface area (Å²) >= 11 is 1.39. The Labute approximate surface area is 141 Å². The molecule has 1 saturated heterocycles. The summed E-state index contributed by atoms with van der Waals surface area (Å²) in [6, 6.07) is 4.12. The third-order valence-electron chi connectivity index (χ3n) is 3.86. The number of nitrogens with zero attached hydrogens (tertiary/aromatic N) is 1. The molecule has 0 aliphatic carbocycles. The van der Waals surface area contributed by atoms with E-state index in [1.54, 1.807) is 13.0 Å². The highest BCUT2D eigenvalue weighted by Crippen LogP contribution is 2.29. The van der Waals surface area contributed by atoms with Crippen LogP contribution in [0.4, 0.5) is 0 Å². The van der Waals surface area contributed by atoms with Crippen LogP contribution in [0.3, 0.4) is 0 Å². The maximum Gasteiger partial charge on any atom is 0.339 e. The molecule has 0 aromatic carbocycles. The molecule has 0 saturated carbocycles. The second-order valence-electron chi connectivity index (χ2n) is 5.31. The number of rotatable bonds is 4. The van der Waals surface area contributed by atoms with E-state index in [1.807, 2.05) is 11.4 Å². The molecule has 1 aliphatic rings. The van der Waals surface area contributed by atoms with Crippen LogP contribution in [0.2, 0.25) is 0 Å². The summed E-state index contributed by atoms with van der Waals surface area (Å²) in [5.74, 6) is -1.68. The minimum absolute atomic E-state index is 0.0185. The fourth-order valence-corrected chi connectivity index (χ4v) is 3.57. The van der Waals surface area contributed by atoms with Gasteiger partial charge in [-0.05, 0) is 11.4 Å². The van der Waals surface area contributed by atoms with E-state index in [2.05, 4.69) is 5.32 Å². The van der Waals surface area contributed by atoms with Gasteiger partial charge in [0, 0.05) is 30.5 Å². The summed E-state index contributed by atoms with van der Waals surface area (Å²) in [5.41, 5.74) is -0.0185. The van der Waals surface area contributed by atoms with Crippen LogP contribution in [0.5, 0.6) is 0 Å². The molecule has 0 spiro atoms. The van der Waals surface area contributed by atoms with Crippen LogP contribution in [-0.2, 0) is 11.2 Å². The SMILES string of the molecule is CCc1oc(C(=O)N2CCNC(=O)C2c2cccs2)cc1C(=O)O. The molecule has 0 bridgehead atoms. The van der Waals surface area contributed by atoms with Gasteiger partial charge in [0.05, 0.1) is 0 Å². The van der Waals surface area contributed by atoms with Crippen molar-refractivity contribution in [1.82, 2.24) is 10.2 Å². The number of nitrogens with one attached hydrogen (secondary N) is 1. The summed E-state index contributed by atoms with van der Waals surface area (Å²) in [6.07, 6.45) is 0.365. The number of carbonyl (C=O) groups is 3. The molecule has 1 fully saturated rings. The number of carboxylic acids is 1. The van der Waals surface area contributed by atoms with Crippen LogP contribution in [0.1, 0.15) is 44.5 Å². The lowest BCUT2D eigenvalue weighted by molar-refractivity contribution is -0.128. The summed E-state index contributed by atoms with van der Waals surface area (Å²) in [7, 11) is 0. The number of furan rings is 1. The molecule has 2 aromatic heterocycles. The Balaban J connectivity index is 1.95. The van der Waals surface area contributed by atoms with Crippen LogP contribution in [-0.4, -0.2) is 40.9 Å². The number of hydrogen-bond donors (Lipinski definition) is 2. The van der Waals surface area contributed by atoms with Gasteiger partial charge < -0.3 is 19.7 Å². The van der Waals surface area contributed by atoms with E-state index < -0.39 is 17.9 Å². The van der Waals surface area contributed by atoms with Crippen molar-refractivity contribution in [2.75, 3.05) is 13.1 Å². The van der Waals surface area contributed by atoms with Gasteiger partial charge in [0.25, 0.3) is 5.91 Å². The zero-order valence-corrected chi connectivity index (χ0v) is 13.8. The van der Waals surface area contributed by atoms with Crippen LogP contribution < -0.4 is 5.32 Å². The van der Waals surface area contributed by atoms with Gasteiger partial charge in [-0.1, -0.05) is 13.0 Å². The highest BCUT2D eigenvalue weighted by Gasteiger charge is 2.37. The average molecular weight is 348 g/mol. The quantitative estimate of drug-likeness (QED) is 0.879. The third-order valence-corrected chi connectivity index (χ3v) is 4.78. The normalized spacial score (nSPS) is 17.6. The Morgan fingerprint density at radius 3 is 2.88 bits per heavy atom. The van der Waals surface area contributed by atoms with Crippen molar-refractivity contribution >= 4 is 29.1 Å². The van der Waals surface area contributed by atoms with Crippen molar-refractivity contribution in [3.05, 3.63) is 45.5 Å². The zero-order valence-electron chi connectivity index (χ0n) is 12.9. The van der Waals surface area contributed by atoms with Crippen LogP contribution >= 0.6 is 11.3 Å². The molecule has 24 heavy (non-hydrogen) atoms. The predicted octanol–water partition coefficient (Wildman–Crippen LogP) is 1.91. The number of carboxylic acid groups (broad SMARTS) is 1. The standard InChI is InChI=1S/C16H16N2O5S/c1-2-10-9(16(21)22)8-11(23-10)15(20)18-6-5-17-14(19)13(18)12-4-3-7-24-12/h3-4,7-8,13H,2,5-6H2,1H3,(H,17,19)(H,21,22). The number of aryl methyl sites for hydroxylation is 1. The first kappa shape index (κ1) is 16.3. The van der Waals surface area contributed by atoms with Gasteiger partial charge in [0.1, 0.15) is 17.4 Å². The molecule has 1 unspecified atom stereocenters. The van der Waals surface area contributed by atoms with Gasteiger partial charge in [-0.15, -0.1) is 11.3 Å². The van der Waals surface area contributed by atoms with Crippen LogP contribution in [0.25, 0.3) is 0 Å². The molecule has 2 aromatic rings. The topological polar surface area (TPSA) is 99.9 Å². The first-order valence-electron chi connectivity index (χ1n) is 7.51. The van der Waals surface area contributed by atoms with Crippen LogP contribution in [0.15, 0.2) is 28.0 Å². The molecular weight excluding hydrogens is 332 g/mol. The largest absolute Gasteiger partial charge is 0.478 e. The van der Waals surface area contributed by atoms with Gasteiger partial charge >= 0.3 is 5.97 Å². The third kappa shape index (κ3) is 2.80. The molecule has 2 amide bonds. The van der Waals surface area contributed by atoms with Gasteiger partial charge in [-0.25, -0.2) is 4.79 Å². The lowest BCUT2D eigenvalue weighted by Gasteiger charge is -2.33. The molecule has 3 heterocycles. The molecule has 1 atom stereocenters. The molecular formula is C16H16N2O5S. The summed E-state index contributed by atoms with van der Waals surface area (Å²) < 4.78 is 5.44. The highest BCUT2D eigenvalue weighted by molar-refractivity contribution is 7.10. The van der Waals surface area contributed by atoms with E-state index in [0.29, 0.717) is 19.5 Å². The minimum atomic E-state index is -1.14. The average Bonchev–Trinajstić information content (AvgIpc) is 3.23. The molecule has 126 valence electrons. The number of piperazine rings is 1. The fraction of sp³-hybridized carbons (Fsp3) is 0.312. The monoisotopic (exact) mass is 348 g/mol. The van der Waals surface area contributed by atoms with Gasteiger partial charge in [0.2, 0.25) is 5.91 Å². The first-order valence-corrected chi connectivity index (χ1v) is 8.39. The van der Waals surface area contributed by atoms with E-state index in [4.69, 9.17) is 4.42 Å². The molecule has 7 nitrogen and oxygen atoms in total. The first-order chi connectivity index (χ1) is 11.5. The fourth-order valence-electron chi connectivity index (χ4n) is 2.73. The van der Waals surface area contributed by atoms with E-state index in [9.17, 15) is 19.5 Å². The molecule has 1 aliphatic heterocycles. The lowest BCUT2D eigenvalue weighted by atomic mass is 10.1. The van der Waals surface area contributed by atoms with E-state index in [-0.39, 0.29) is 23.0 Å². The molecule has 3 rings (SSSR count). The molecule has 2 N–H and O–H groups in total. The summed E-state index contributed by atoms with van der Waals surface area (Å²) in [5, 5.41) is 13.8. The van der Waals surface area contributed by atoms with E-state index in [0.717, 1.165) is 4.88 Å². The smallest absolute Gasteiger partial charge is 0.339 e. The maximum atomic E-state index is 12.8. The Morgan fingerprint density at radius 1 is 1.50 bits per heavy atom. The summed E-state index contributed by atoms with van der Waals surface area (Å²) in [4.78, 5) is 38.5. The van der Waals surface area contributed by atoms with Crippen molar-refractivity contribution in [2.45, 2.75) is 19.4 Å². The van der Waals surface area contributed by atoms with Crippen molar-refractivity contribution in [3.8, 4) is 0 Å². The van der Waals surface area contributed by atoms with E-state index in [1.165, 1.54) is 22.3 Å². The number of hydrogen-bond acceptors (Lipinski definition) is 5. The van der Waals surface area contributed by atoms with E-state index >= 15 is 0 Å². The Kier molecular flexibility index (Phi) is 4.39. The van der Waals surface area contributed by atoms with Crippen molar-refractivity contribution < 1.29 is 23.9 Å². The van der Waals surface area contributed by atoms with Crippen molar-refractivity contribution in [1.29, 1.82) is 0 Å². The number of aromatic carboxylic acids is 1. The molecule has 8 heteroatoms. The second-order valence-corrected chi connectivity index (χ2v) is 6.29. The van der Waals surface area contributed by atoms with Gasteiger partial charge in [-0.3, -0.25) is 9.59 Å². The Hall–Kier alpha value is -2.61. The van der Waals surface area contributed by atoms with Crippen LogP contribution in [0, 0.1) is 0 Å². The number of thiophene rings is 1. The lowest BCUT2D eigenvalue weighted by Crippen LogP contribution is -2.51. The Morgan fingerprint density at radius 2 is 2.29 bits per heavy atom. The highest BCUT2D eigenvalue weighted by atomic mass is 32.1. The van der Waals surface area contributed by atoms with Crippen molar-refractivity contribution in [3.63, 3.8) is 0 Å². The minimum Gasteiger partial charge on any atom is -0.478 e. The van der Waals surface area contributed by atoms with Gasteiger partial charge in [-0.2, -0.15) is 0 Å². The predicted molar refractivity (Wildman–Crippen MR) is 86.2 cm³/mol. The Bertz CT molecular complexity index is 780. The summed E-state index contributed by atoms with van der Waals surface area (Å²) in [6.45, 7) is 2.43.